The van der Waals surface area contributed by atoms with Crippen LogP contribution in [0.15, 0.2) is 23.9 Å². The van der Waals surface area contributed by atoms with E-state index in [2.05, 4.69) is 30.1 Å². The smallest absolute Gasteiger partial charge is 0.0360 e. The molecule has 0 aromatic carbocycles. The number of rotatable bonds is 1. The van der Waals surface area contributed by atoms with E-state index in [0.717, 1.165) is 19.0 Å². The fourth-order valence-electron chi connectivity index (χ4n) is 2.15. The van der Waals surface area contributed by atoms with Crippen LogP contribution in [-0.4, -0.2) is 18.0 Å². The maximum absolute atomic E-state index is 2.49. The van der Waals surface area contributed by atoms with Gasteiger partial charge in [-0.05, 0) is 25.2 Å². The first kappa shape index (κ1) is 7.90. The van der Waals surface area contributed by atoms with E-state index in [9.17, 15) is 0 Å². The molecule has 0 N–H and O–H groups in total. The van der Waals surface area contributed by atoms with E-state index < -0.39 is 0 Å². The van der Waals surface area contributed by atoms with Gasteiger partial charge in [0.1, 0.15) is 0 Å². The molecule has 0 saturated carbocycles. The summed E-state index contributed by atoms with van der Waals surface area (Å²) in [7, 11) is 0. The number of nitrogens with zero attached hydrogens (tertiary/aromatic N) is 1. The standard InChI is InChI=1S/C11H17N/c1-10-6-2-3-7-11(10)12-8-4-5-9-12/h4-5,7,10H,2-3,6,8-9H2,1H3. The third-order valence-corrected chi connectivity index (χ3v) is 2.88. The minimum atomic E-state index is 0.790. The fraction of sp³-hybridized carbons (Fsp3) is 0.636. The first-order valence-corrected chi connectivity index (χ1v) is 4.98. The van der Waals surface area contributed by atoms with E-state index >= 15 is 0 Å². The molecular formula is C11H17N. The summed E-state index contributed by atoms with van der Waals surface area (Å²) in [6, 6.07) is 0. The lowest BCUT2D eigenvalue weighted by Crippen LogP contribution is -2.25. The zero-order chi connectivity index (χ0) is 8.39. The Labute approximate surface area is 74.8 Å². The zero-order valence-corrected chi connectivity index (χ0v) is 7.79. The Morgan fingerprint density at radius 2 is 2.08 bits per heavy atom. The quantitative estimate of drug-likeness (QED) is 0.537. The number of allylic oxidation sites excluding steroid dienone is 2. The lowest BCUT2D eigenvalue weighted by Gasteiger charge is -2.29. The van der Waals surface area contributed by atoms with Crippen LogP contribution in [0.5, 0.6) is 0 Å². The SMILES string of the molecule is CC1CCCC=C1N1CC=CC1. The van der Waals surface area contributed by atoms with Gasteiger partial charge >= 0.3 is 0 Å². The monoisotopic (exact) mass is 163 g/mol. The molecule has 0 aromatic rings. The maximum Gasteiger partial charge on any atom is 0.0360 e. The molecule has 12 heavy (non-hydrogen) atoms. The molecule has 1 heteroatoms. The van der Waals surface area contributed by atoms with Gasteiger partial charge in [0.15, 0.2) is 0 Å². The van der Waals surface area contributed by atoms with Gasteiger partial charge in [-0.25, -0.2) is 0 Å². The summed E-state index contributed by atoms with van der Waals surface area (Å²) in [4.78, 5) is 2.49. The molecule has 1 heterocycles. The van der Waals surface area contributed by atoms with Crippen LogP contribution in [0.1, 0.15) is 26.2 Å². The van der Waals surface area contributed by atoms with Crippen LogP contribution in [0, 0.1) is 5.92 Å². The van der Waals surface area contributed by atoms with E-state index in [1.807, 2.05) is 0 Å². The van der Waals surface area contributed by atoms with E-state index in [4.69, 9.17) is 0 Å². The summed E-state index contributed by atoms with van der Waals surface area (Å²) >= 11 is 0. The van der Waals surface area contributed by atoms with Gasteiger partial charge in [-0.15, -0.1) is 0 Å². The largest absolute Gasteiger partial charge is 0.367 e. The Morgan fingerprint density at radius 3 is 2.75 bits per heavy atom. The summed E-state index contributed by atoms with van der Waals surface area (Å²) in [5, 5.41) is 0. The summed E-state index contributed by atoms with van der Waals surface area (Å²) in [5.74, 6) is 0.790. The van der Waals surface area contributed by atoms with Gasteiger partial charge < -0.3 is 4.90 Å². The molecule has 0 aromatic heterocycles. The Morgan fingerprint density at radius 1 is 1.33 bits per heavy atom. The minimum absolute atomic E-state index is 0.790. The second-order valence-corrected chi connectivity index (χ2v) is 3.84. The van der Waals surface area contributed by atoms with Crippen LogP contribution in [0.4, 0.5) is 0 Å². The first-order chi connectivity index (χ1) is 5.88. The maximum atomic E-state index is 2.49. The lowest BCUT2D eigenvalue weighted by molar-refractivity contribution is 0.354. The average molecular weight is 163 g/mol. The molecular weight excluding hydrogens is 146 g/mol. The third kappa shape index (κ3) is 1.40. The molecule has 0 bridgehead atoms. The highest BCUT2D eigenvalue weighted by Crippen LogP contribution is 2.27. The second-order valence-electron chi connectivity index (χ2n) is 3.84. The van der Waals surface area contributed by atoms with Crippen LogP contribution in [-0.2, 0) is 0 Å². The average Bonchev–Trinajstić information content (AvgIpc) is 2.57. The van der Waals surface area contributed by atoms with Crippen molar-refractivity contribution in [3.63, 3.8) is 0 Å². The van der Waals surface area contributed by atoms with Gasteiger partial charge in [0, 0.05) is 18.8 Å². The lowest BCUT2D eigenvalue weighted by atomic mass is 9.93. The number of hydrogen-bond donors (Lipinski definition) is 0. The molecule has 1 nitrogen and oxygen atoms in total. The minimum Gasteiger partial charge on any atom is -0.367 e. The van der Waals surface area contributed by atoms with Crippen molar-refractivity contribution >= 4 is 0 Å². The molecule has 1 aliphatic carbocycles. The van der Waals surface area contributed by atoms with Gasteiger partial charge in [-0.3, -0.25) is 0 Å². The number of hydrogen-bond acceptors (Lipinski definition) is 1. The van der Waals surface area contributed by atoms with E-state index in [1.165, 1.54) is 19.3 Å². The van der Waals surface area contributed by atoms with Crippen molar-refractivity contribution < 1.29 is 0 Å². The van der Waals surface area contributed by atoms with Crippen molar-refractivity contribution in [2.24, 2.45) is 5.92 Å². The van der Waals surface area contributed by atoms with Gasteiger partial charge in [-0.1, -0.05) is 25.2 Å². The van der Waals surface area contributed by atoms with Gasteiger partial charge in [0.05, 0.1) is 0 Å². The normalized spacial score (nSPS) is 29.2. The van der Waals surface area contributed by atoms with E-state index in [1.54, 1.807) is 5.70 Å². The molecule has 1 unspecified atom stereocenters. The molecule has 0 amide bonds. The van der Waals surface area contributed by atoms with E-state index in [0.29, 0.717) is 0 Å². The third-order valence-electron chi connectivity index (χ3n) is 2.88. The second kappa shape index (κ2) is 3.34. The summed E-state index contributed by atoms with van der Waals surface area (Å²) in [5.41, 5.74) is 1.59. The molecule has 1 atom stereocenters. The predicted molar refractivity (Wildman–Crippen MR) is 51.8 cm³/mol. The molecule has 0 fully saturated rings. The molecule has 0 saturated heterocycles. The van der Waals surface area contributed by atoms with Crippen molar-refractivity contribution in [2.45, 2.75) is 26.2 Å². The summed E-state index contributed by atoms with van der Waals surface area (Å²) in [6.07, 6.45) is 11.0. The highest BCUT2D eigenvalue weighted by Gasteiger charge is 2.18. The van der Waals surface area contributed by atoms with Crippen molar-refractivity contribution in [1.82, 2.24) is 4.90 Å². The molecule has 66 valence electrons. The Bertz CT molecular complexity index is 207. The van der Waals surface area contributed by atoms with Crippen LogP contribution in [0.2, 0.25) is 0 Å². The molecule has 0 radical (unpaired) electrons. The van der Waals surface area contributed by atoms with Gasteiger partial charge in [-0.2, -0.15) is 0 Å². The van der Waals surface area contributed by atoms with Crippen LogP contribution < -0.4 is 0 Å². The topological polar surface area (TPSA) is 3.24 Å². The predicted octanol–water partition coefficient (Wildman–Crippen LogP) is 2.56. The molecule has 1 aliphatic heterocycles. The Kier molecular flexibility index (Phi) is 2.20. The van der Waals surface area contributed by atoms with Crippen LogP contribution in [0.25, 0.3) is 0 Å². The zero-order valence-electron chi connectivity index (χ0n) is 7.79. The Hall–Kier alpha value is -0.720. The van der Waals surface area contributed by atoms with Crippen molar-refractivity contribution in [3.05, 3.63) is 23.9 Å². The van der Waals surface area contributed by atoms with E-state index in [-0.39, 0.29) is 0 Å². The van der Waals surface area contributed by atoms with Gasteiger partial charge in [0.25, 0.3) is 0 Å². The van der Waals surface area contributed by atoms with Crippen molar-refractivity contribution in [3.8, 4) is 0 Å². The highest BCUT2D eigenvalue weighted by molar-refractivity contribution is 5.13. The van der Waals surface area contributed by atoms with Crippen LogP contribution >= 0.6 is 0 Å². The first-order valence-electron chi connectivity index (χ1n) is 4.98. The van der Waals surface area contributed by atoms with Gasteiger partial charge in [0.2, 0.25) is 0 Å². The fourth-order valence-corrected chi connectivity index (χ4v) is 2.15. The molecule has 2 aliphatic rings. The molecule has 0 spiro atoms. The molecule has 2 rings (SSSR count). The van der Waals surface area contributed by atoms with Crippen molar-refractivity contribution in [2.75, 3.05) is 13.1 Å². The highest BCUT2D eigenvalue weighted by atomic mass is 15.1. The summed E-state index contributed by atoms with van der Waals surface area (Å²) < 4.78 is 0. The summed E-state index contributed by atoms with van der Waals surface area (Å²) in [6.45, 7) is 4.62. The Balaban J connectivity index is 2.05. The van der Waals surface area contributed by atoms with Crippen LogP contribution in [0.3, 0.4) is 0 Å². The van der Waals surface area contributed by atoms with Crippen molar-refractivity contribution in [1.29, 1.82) is 0 Å².